The van der Waals surface area contributed by atoms with Gasteiger partial charge in [0.15, 0.2) is 11.5 Å². The molecule has 1 fully saturated rings. The van der Waals surface area contributed by atoms with Gasteiger partial charge in [-0.3, -0.25) is 9.48 Å². The van der Waals surface area contributed by atoms with Crippen LogP contribution in [-0.4, -0.2) is 44.8 Å². The Morgan fingerprint density at radius 3 is 2.64 bits per heavy atom. The van der Waals surface area contributed by atoms with Crippen molar-refractivity contribution in [1.82, 2.24) is 30.4 Å². The molecule has 1 atom stereocenters. The molecule has 7 nitrogen and oxygen atoms in total. The van der Waals surface area contributed by atoms with Crippen molar-refractivity contribution < 1.29 is 18.0 Å². The molecule has 0 aliphatic carbocycles. The average Bonchev–Trinajstić information content (AvgIpc) is 2.98. The number of nitrogens with zero attached hydrogens (tertiary/aromatic N) is 4. The standard InChI is InChI=1S/C15H17F3N6O/c1-24-11(5-12(23-24)15(16,17)18)13-20-6-9(7-21-13)14(25)22-10-3-2-4-19-8-10/h5-7,10,19H,2-4,8H2,1H3,(H,22,25). The van der Waals surface area contributed by atoms with Gasteiger partial charge in [0.2, 0.25) is 0 Å². The molecule has 0 spiro atoms. The minimum Gasteiger partial charge on any atom is -0.348 e. The number of carbonyl (C=O) groups excluding carboxylic acids is 1. The van der Waals surface area contributed by atoms with E-state index in [4.69, 9.17) is 0 Å². The molecular weight excluding hydrogens is 337 g/mol. The first-order valence-corrected chi connectivity index (χ1v) is 7.80. The Morgan fingerprint density at radius 2 is 2.08 bits per heavy atom. The van der Waals surface area contributed by atoms with E-state index in [1.54, 1.807) is 0 Å². The largest absolute Gasteiger partial charge is 0.435 e. The Balaban J connectivity index is 1.74. The summed E-state index contributed by atoms with van der Waals surface area (Å²) >= 11 is 0. The predicted octanol–water partition coefficient (Wildman–Crippen LogP) is 1.38. The lowest BCUT2D eigenvalue weighted by atomic mass is 10.1. The molecule has 3 heterocycles. The lowest BCUT2D eigenvalue weighted by Crippen LogP contribution is -2.45. The van der Waals surface area contributed by atoms with Crippen LogP contribution in [0.25, 0.3) is 11.5 Å². The predicted molar refractivity (Wildman–Crippen MR) is 82.6 cm³/mol. The Bertz CT molecular complexity index is 750. The van der Waals surface area contributed by atoms with Gasteiger partial charge in [0, 0.05) is 32.0 Å². The van der Waals surface area contributed by atoms with Gasteiger partial charge >= 0.3 is 6.18 Å². The van der Waals surface area contributed by atoms with Crippen molar-refractivity contribution in [3.63, 3.8) is 0 Å². The monoisotopic (exact) mass is 354 g/mol. The number of piperidine rings is 1. The summed E-state index contributed by atoms with van der Waals surface area (Å²) in [5, 5.41) is 9.50. The molecule has 1 aliphatic heterocycles. The SMILES string of the molecule is Cn1nc(C(F)(F)F)cc1-c1ncc(C(=O)NC2CCCNC2)cn1. The van der Waals surface area contributed by atoms with Gasteiger partial charge in [0.25, 0.3) is 5.91 Å². The van der Waals surface area contributed by atoms with E-state index in [0.29, 0.717) is 6.54 Å². The highest BCUT2D eigenvalue weighted by molar-refractivity contribution is 5.93. The summed E-state index contributed by atoms with van der Waals surface area (Å²) in [6, 6.07) is 0.926. The number of aromatic nitrogens is 4. The van der Waals surface area contributed by atoms with E-state index in [1.807, 2.05) is 0 Å². The van der Waals surface area contributed by atoms with E-state index in [2.05, 4.69) is 25.7 Å². The number of alkyl halides is 3. The molecular formula is C15H17F3N6O. The maximum atomic E-state index is 12.7. The highest BCUT2D eigenvalue weighted by Gasteiger charge is 2.35. The summed E-state index contributed by atoms with van der Waals surface area (Å²) in [5.41, 5.74) is -0.636. The van der Waals surface area contributed by atoms with Crippen LogP contribution in [0.1, 0.15) is 28.9 Å². The fourth-order valence-corrected chi connectivity index (χ4v) is 2.64. The number of hydrogen-bond donors (Lipinski definition) is 2. The molecule has 0 radical (unpaired) electrons. The number of amides is 1. The third-order valence-corrected chi connectivity index (χ3v) is 3.95. The second-order valence-electron chi connectivity index (χ2n) is 5.85. The van der Waals surface area contributed by atoms with Gasteiger partial charge in [-0.2, -0.15) is 18.3 Å². The molecule has 2 N–H and O–H groups in total. The van der Waals surface area contributed by atoms with E-state index < -0.39 is 11.9 Å². The first-order chi connectivity index (χ1) is 11.8. The number of hydrogen-bond acceptors (Lipinski definition) is 5. The number of rotatable bonds is 3. The lowest BCUT2D eigenvalue weighted by molar-refractivity contribution is -0.141. The van der Waals surface area contributed by atoms with Gasteiger partial charge in [0.1, 0.15) is 5.69 Å². The molecule has 10 heteroatoms. The fourth-order valence-electron chi connectivity index (χ4n) is 2.64. The summed E-state index contributed by atoms with van der Waals surface area (Å²) in [7, 11) is 1.38. The summed E-state index contributed by atoms with van der Waals surface area (Å²) in [6.45, 7) is 1.65. The molecule has 3 rings (SSSR count). The molecule has 1 saturated heterocycles. The van der Waals surface area contributed by atoms with Crippen LogP contribution in [0.3, 0.4) is 0 Å². The molecule has 1 amide bonds. The Labute approximate surface area is 141 Å². The number of carbonyl (C=O) groups is 1. The number of halogens is 3. The van der Waals surface area contributed by atoms with Crippen LogP contribution in [-0.2, 0) is 13.2 Å². The van der Waals surface area contributed by atoms with Crippen LogP contribution in [0.15, 0.2) is 18.5 Å². The van der Waals surface area contributed by atoms with Crippen molar-refractivity contribution in [2.24, 2.45) is 7.05 Å². The van der Waals surface area contributed by atoms with Crippen molar-refractivity contribution in [2.45, 2.75) is 25.1 Å². The second-order valence-corrected chi connectivity index (χ2v) is 5.85. The Morgan fingerprint density at radius 1 is 1.36 bits per heavy atom. The summed E-state index contributed by atoms with van der Waals surface area (Å²) in [4.78, 5) is 20.2. The fraction of sp³-hybridized carbons (Fsp3) is 0.467. The van der Waals surface area contributed by atoms with Gasteiger partial charge in [0.05, 0.1) is 5.56 Å². The van der Waals surface area contributed by atoms with Crippen LogP contribution in [0.4, 0.5) is 13.2 Å². The molecule has 2 aromatic heterocycles. The summed E-state index contributed by atoms with van der Waals surface area (Å²) < 4.78 is 39.2. The second kappa shape index (κ2) is 6.79. The van der Waals surface area contributed by atoms with Gasteiger partial charge in [-0.05, 0) is 25.5 Å². The quantitative estimate of drug-likeness (QED) is 0.870. The third-order valence-electron chi connectivity index (χ3n) is 3.95. The molecule has 134 valence electrons. The van der Waals surface area contributed by atoms with Crippen molar-refractivity contribution in [1.29, 1.82) is 0 Å². The highest BCUT2D eigenvalue weighted by Crippen LogP contribution is 2.30. The molecule has 1 aliphatic rings. The minimum atomic E-state index is -4.54. The molecule has 1 unspecified atom stereocenters. The highest BCUT2D eigenvalue weighted by atomic mass is 19.4. The molecule has 0 saturated carbocycles. The van der Waals surface area contributed by atoms with Crippen LogP contribution >= 0.6 is 0 Å². The van der Waals surface area contributed by atoms with Gasteiger partial charge in [-0.25, -0.2) is 9.97 Å². The third kappa shape index (κ3) is 3.95. The molecule has 2 aromatic rings. The smallest absolute Gasteiger partial charge is 0.348 e. The first kappa shape index (κ1) is 17.3. The molecule has 25 heavy (non-hydrogen) atoms. The number of aryl methyl sites for hydroxylation is 1. The van der Waals surface area contributed by atoms with Crippen LogP contribution in [0, 0.1) is 0 Å². The zero-order chi connectivity index (χ0) is 18.0. The topological polar surface area (TPSA) is 84.7 Å². The van der Waals surface area contributed by atoms with Gasteiger partial charge < -0.3 is 10.6 Å². The normalized spacial score (nSPS) is 18.2. The van der Waals surface area contributed by atoms with Gasteiger partial charge in [-0.1, -0.05) is 0 Å². The van der Waals surface area contributed by atoms with E-state index in [-0.39, 0.29) is 29.0 Å². The maximum Gasteiger partial charge on any atom is 0.435 e. The van der Waals surface area contributed by atoms with Gasteiger partial charge in [-0.15, -0.1) is 0 Å². The van der Waals surface area contributed by atoms with Crippen LogP contribution in [0.5, 0.6) is 0 Å². The molecule has 0 aromatic carbocycles. The lowest BCUT2D eigenvalue weighted by Gasteiger charge is -2.23. The Hall–Kier alpha value is -2.49. The first-order valence-electron chi connectivity index (χ1n) is 7.80. The molecule has 0 bridgehead atoms. The van der Waals surface area contributed by atoms with Crippen LogP contribution < -0.4 is 10.6 Å². The zero-order valence-corrected chi connectivity index (χ0v) is 13.5. The van der Waals surface area contributed by atoms with Crippen molar-refractivity contribution in [2.75, 3.05) is 13.1 Å². The van der Waals surface area contributed by atoms with Crippen molar-refractivity contribution >= 4 is 5.91 Å². The van der Waals surface area contributed by atoms with E-state index in [1.165, 1.54) is 19.4 Å². The van der Waals surface area contributed by atoms with Crippen molar-refractivity contribution in [3.8, 4) is 11.5 Å². The van der Waals surface area contributed by atoms with E-state index >= 15 is 0 Å². The maximum absolute atomic E-state index is 12.7. The summed E-state index contributed by atoms with van der Waals surface area (Å²) in [6.07, 6.45) is -0.0540. The Kier molecular flexibility index (Phi) is 4.71. The average molecular weight is 354 g/mol. The number of nitrogens with one attached hydrogen (secondary N) is 2. The minimum absolute atomic E-state index is 0.0485. The van der Waals surface area contributed by atoms with Crippen LogP contribution in [0.2, 0.25) is 0 Å². The zero-order valence-electron chi connectivity index (χ0n) is 13.5. The van der Waals surface area contributed by atoms with E-state index in [0.717, 1.165) is 30.1 Å². The van der Waals surface area contributed by atoms with E-state index in [9.17, 15) is 18.0 Å². The summed E-state index contributed by atoms with van der Waals surface area (Å²) in [5.74, 6) is -0.234. The van der Waals surface area contributed by atoms with Crippen molar-refractivity contribution in [3.05, 3.63) is 29.7 Å².